The van der Waals surface area contributed by atoms with Crippen molar-refractivity contribution in [2.75, 3.05) is 48.5 Å². The molecule has 0 bridgehead atoms. The predicted molar refractivity (Wildman–Crippen MR) is 255 cm³/mol. The number of nitrogens with zero attached hydrogens (tertiary/aromatic N) is 3. The second-order valence-electron chi connectivity index (χ2n) is 19.1. The maximum absolute atomic E-state index is 14.7. The Morgan fingerprint density at radius 1 is 0.815 bits per heavy atom. The number of amides is 3. The molecule has 0 saturated carbocycles. The van der Waals surface area contributed by atoms with E-state index >= 15 is 0 Å². The van der Waals surface area contributed by atoms with Gasteiger partial charge in [-0.1, -0.05) is 97.4 Å². The van der Waals surface area contributed by atoms with Gasteiger partial charge < -0.3 is 34.1 Å². The molecule has 13 nitrogen and oxygen atoms in total. The summed E-state index contributed by atoms with van der Waals surface area (Å²) in [5, 5.41) is 2.88. The molecule has 1 heterocycles. The summed E-state index contributed by atoms with van der Waals surface area (Å²) in [6.45, 7) is 19.1. The molecule has 1 saturated heterocycles. The van der Waals surface area contributed by atoms with Crippen molar-refractivity contribution >= 4 is 29.5 Å². The van der Waals surface area contributed by atoms with Crippen molar-refractivity contribution in [2.45, 2.75) is 150 Å². The number of hydrogen-bond donors (Lipinski definition) is 1. The average Bonchev–Trinajstić information content (AvgIpc) is 3.76. The highest BCUT2D eigenvalue weighted by atomic mass is 16.5. The third kappa shape index (κ3) is 15.6. The Bertz CT molecular complexity index is 1790. The van der Waals surface area contributed by atoms with E-state index in [2.05, 4.69) is 50.0 Å². The number of hydrogen-bond acceptors (Lipinski definition) is 10. The van der Waals surface area contributed by atoms with Gasteiger partial charge in [-0.2, -0.15) is 0 Å². The molecule has 1 aliphatic heterocycles. The molecule has 2 aromatic rings. The fourth-order valence-electron chi connectivity index (χ4n) is 9.58. The van der Waals surface area contributed by atoms with Gasteiger partial charge in [0.25, 0.3) is 0 Å². The topological polar surface area (TPSA) is 144 Å². The van der Waals surface area contributed by atoms with Gasteiger partial charge in [0.1, 0.15) is 11.8 Å². The third-order valence-corrected chi connectivity index (χ3v) is 13.4. The number of methoxy groups -OCH3 is 3. The van der Waals surface area contributed by atoms with E-state index in [-0.39, 0.29) is 72.7 Å². The van der Waals surface area contributed by atoms with Crippen LogP contribution in [0.5, 0.6) is 5.75 Å². The summed E-state index contributed by atoms with van der Waals surface area (Å²) in [5.41, 5.74) is 2.03. The second kappa shape index (κ2) is 26.7. The van der Waals surface area contributed by atoms with E-state index in [0.29, 0.717) is 19.5 Å². The Morgan fingerprint density at radius 3 is 2.00 bits per heavy atom. The van der Waals surface area contributed by atoms with Crippen LogP contribution in [-0.4, -0.2) is 135 Å². The number of likely N-dealkylation sites (N-methyl/N-ethyl adjacent to an activating group) is 2. The molecule has 364 valence electrons. The summed E-state index contributed by atoms with van der Waals surface area (Å²) in [7, 11) is 8.17. The van der Waals surface area contributed by atoms with Gasteiger partial charge in [0, 0.05) is 53.1 Å². The lowest BCUT2D eigenvalue weighted by molar-refractivity contribution is -0.150. The molecule has 0 aromatic heterocycles. The van der Waals surface area contributed by atoms with Crippen LogP contribution in [-0.2, 0) is 51.0 Å². The number of carbonyl (C=O) groups is 5. The zero-order valence-electron chi connectivity index (χ0n) is 42.0. The van der Waals surface area contributed by atoms with E-state index < -0.39 is 48.1 Å². The summed E-state index contributed by atoms with van der Waals surface area (Å²) in [5.74, 6) is -1.74. The minimum Gasteiger partial charge on any atom is -0.491 e. The Morgan fingerprint density at radius 2 is 1.46 bits per heavy atom. The molecule has 0 spiro atoms. The summed E-state index contributed by atoms with van der Waals surface area (Å²) >= 11 is 0. The molecule has 0 radical (unpaired) electrons. The first kappa shape index (κ1) is 55.0. The van der Waals surface area contributed by atoms with E-state index in [0.717, 1.165) is 36.1 Å². The molecule has 3 amide bonds. The van der Waals surface area contributed by atoms with Gasteiger partial charge in [0.05, 0.1) is 55.9 Å². The first-order chi connectivity index (χ1) is 30.8. The van der Waals surface area contributed by atoms with Crippen LogP contribution >= 0.6 is 0 Å². The molecule has 9 atom stereocenters. The highest BCUT2D eigenvalue weighted by Gasteiger charge is 2.43. The van der Waals surface area contributed by atoms with Crippen LogP contribution < -0.4 is 10.1 Å². The van der Waals surface area contributed by atoms with Crippen molar-refractivity contribution in [3.05, 3.63) is 65.7 Å². The van der Waals surface area contributed by atoms with Crippen molar-refractivity contribution < 1.29 is 42.9 Å². The first-order valence-corrected chi connectivity index (χ1v) is 23.8. The van der Waals surface area contributed by atoms with Gasteiger partial charge in [-0.05, 0) is 81.2 Å². The largest absolute Gasteiger partial charge is 0.491 e. The monoisotopic (exact) mass is 907 g/mol. The van der Waals surface area contributed by atoms with Gasteiger partial charge >= 0.3 is 5.97 Å². The zero-order valence-corrected chi connectivity index (χ0v) is 42.0. The maximum atomic E-state index is 14.7. The molecule has 3 rings (SSSR count). The Balaban J connectivity index is 1.76. The minimum absolute atomic E-state index is 0.0110. The SMILES string of the molecule is CC[C@H](C)[C@@H]([C@@H](CC(=O)N1CCC[C@H]1[C@H](OC)[C@@H](C)C(=O)N[C@@H](Cc1ccccc1)C(=O)OC)OC)N(C)C(=O)[C@@H](CC(=O)[C@H](C(C)C)N(C)CCc1ccc(OC(C)C)cc1)C(C)C. The van der Waals surface area contributed by atoms with Crippen LogP contribution in [0.2, 0.25) is 0 Å². The van der Waals surface area contributed by atoms with Crippen molar-refractivity contribution in [3.8, 4) is 5.75 Å². The lowest BCUT2D eigenvalue weighted by Gasteiger charge is -2.41. The van der Waals surface area contributed by atoms with E-state index in [1.807, 2.05) is 77.2 Å². The van der Waals surface area contributed by atoms with Crippen molar-refractivity contribution in [2.24, 2.45) is 29.6 Å². The lowest BCUT2D eigenvalue weighted by atomic mass is 9.83. The van der Waals surface area contributed by atoms with Crippen LogP contribution in [0.1, 0.15) is 106 Å². The Labute approximate surface area is 390 Å². The highest BCUT2D eigenvalue weighted by molar-refractivity contribution is 5.90. The number of ketones is 1. The number of likely N-dealkylation sites (tertiary alicyclic amines) is 1. The molecule has 0 unspecified atom stereocenters. The summed E-state index contributed by atoms with van der Waals surface area (Å²) < 4.78 is 22.9. The fraction of sp³-hybridized carbons (Fsp3) is 0.673. The normalized spacial score (nSPS) is 17.9. The smallest absolute Gasteiger partial charge is 0.328 e. The Kier molecular flexibility index (Phi) is 22.6. The number of benzene rings is 2. The molecule has 1 fully saturated rings. The van der Waals surface area contributed by atoms with Gasteiger partial charge in [0.2, 0.25) is 17.7 Å². The number of rotatable bonds is 27. The van der Waals surface area contributed by atoms with E-state index in [9.17, 15) is 24.0 Å². The molecule has 1 aliphatic rings. The van der Waals surface area contributed by atoms with Gasteiger partial charge in [0.15, 0.2) is 5.78 Å². The average molecular weight is 907 g/mol. The van der Waals surface area contributed by atoms with Crippen molar-refractivity contribution in [1.29, 1.82) is 0 Å². The summed E-state index contributed by atoms with van der Waals surface area (Å²) in [6, 6.07) is 15.4. The zero-order chi connectivity index (χ0) is 48.5. The van der Waals surface area contributed by atoms with Crippen LogP contribution in [0.25, 0.3) is 0 Å². The van der Waals surface area contributed by atoms with Gasteiger partial charge in [-0.25, -0.2) is 4.79 Å². The molecule has 2 aromatic carbocycles. The van der Waals surface area contributed by atoms with E-state index in [1.54, 1.807) is 30.9 Å². The van der Waals surface area contributed by atoms with Gasteiger partial charge in [-0.15, -0.1) is 0 Å². The number of ether oxygens (including phenoxy) is 4. The van der Waals surface area contributed by atoms with E-state index in [1.165, 1.54) is 14.2 Å². The molecule has 1 N–H and O–H groups in total. The van der Waals surface area contributed by atoms with Crippen LogP contribution in [0.15, 0.2) is 54.6 Å². The molecule has 0 aliphatic carbocycles. The minimum atomic E-state index is -0.896. The predicted octanol–water partition coefficient (Wildman–Crippen LogP) is 7.02. The molecular formula is C52H82N4O9. The quantitative estimate of drug-likeness (QED) is 0.0930. The number of nitrogens with one attached hydrogen (secondary N) is 1. The second-order valence-corrected chi connectivity index (χ2v) is 19.1. The van der Waals surface area contributed by atoms with Crippen LogP contribution in [0.3, 0.4) is 0 Å². The van der Waals surface area contributed by atoms with E-state index in [4.69, 9.17) is 18.9 Å². The fourth-order valence-corrected chi connectivity index (χ4v) is 9.58. The molecular weight excluding hydrogens is 825 g/mol. The molecule has 65 heavy (non-hydrogen) atoms. The molecule has 13 heteroatoms. The standard InChI is InChI=1S/C52H82N4O9/c1-15-36(8)48(55(11)51(60)41(33(2)3)31-44(57)47(34(4)5)54(10)29-27-38-23-25-40(26-24-38)65-35(6)7)45(62-12)32-46(58)56-28-19-22-43(56)49(63-13)37(9)50(59)53-42(52(61)64-14)30-39-20-17-16-18-21-39/h16-18,20-21,23-26,33-37,41-43,45,47-49H,15,19,22,27-32H2,1-14H3,(H,53,59)/t36-,37+,41-,42-,43-,45+,47-,48-,49+/m0/s1. The van der Waals surface area contributed by atoms with Crippen molar-refractivity contribution in [3.63, 3.8) is 0 Å². The van der Waals surface area contributed by atoms with Gasteiger partial charge in [-0.3, -0.25) is 24.1 Å². The summed E-state index contributed by atoms with van der Waals surface area (Å²) in [4.78, 5) is 75.5. The summed E-state index contributed by atoms with van der Waals surface area (Å²) in [6.07, 6.45) is 2.05. The first-order valence-electron chi connectivity index (χ1n) is 23.8. The number of Topliss-reactive ketones (excluding diaryl/α,β-unsaturated/α-hetero) is 1. The highest BCUT2D eigenvalue weighted by Crippen LogP contribution is 2.31. The van der Waals surface area contributed by atoms with Crippen molar-refractivity contribution in [1.82, 2.24) is 20.0 Å². The van der Waals surface area contributed by atoms with Crippen LogP contribution in [0, 0.1) is 29.6 Å². The Hall–Kier alpha value is -4.33. The van der Waals surface area contributed by atoms with Crippen LogP contribution in [0.4, 0.5) is 0 Å². The third-order valence-electron chi connectivity index (χ3n) is 13.4. The number of carbonyl (C=O) groups excluding carboxylic acids is 5. The number of esters is 1. The lowest BCUT2D eigenvalue weighted by Crippen LogP contribution is -2.55. The maximum Gasteiger partial charge on any atom is 0.328 e.